The Morgan fingerprint density at radius 3 is 2.60 bits per heavy atom. The smallest absolute Gasteiger partial charge is 0.185 e. The summed E-state index contributed by atoms with van der Waals surface area (Å²) in [5.41, 5.74) is 1.15. The van der Waals surface area contributed by atoms with Gasteiger partial charge in [0.2, 0.25) is 0 Å². The number of nitrogens with zero attached hydrogens (tertiary/aromatic N) is 2. The van der Waals surface area contributed by atoms with E-state index in [0.717, 1.165) is 17.4 Å². The predicted molar refractivity (Wildman–Crippen MR) is 67.8 cm³/mol. The summed E-state index contributed by atoms with van der Waals surface area (Å²) >= 11 is 1.77. The Bertz CT molecular complexity index is 307. The molecule has 15 heavy (non-hydrogen) atoms. The van der Waals surface area contributed by atoms with Crippen molar-refractivity contribution >= 4 is 16.5 Å². The molecule has 0 saturated heterocycles. The van der Waals surface area contributed by atoms with Gasteiger partial charge in [0, 0.05) is 31.6 Å². The topological polar surface area (TPSA) is 28.2 Å². The van der Waals surface area contributed by atoms with Crippen LogP contribution in [0.1, 0.15) is 30.8 Å². The lowest BCUT2D eigenvalue weighted by atomic mass is 10.2. The molecular weight excluding hydrogens is 206 g/mol. The van der Waals surface area contributed by atoms with E-state index in [1.54, 1.807) is 11.3 Å². The lowest BCUT2D eigenvalue weighted by molar-refractivity contribution is 0.536. The second-order valence-electron chi connectivity index (χ2n) is 4.09. The number of rotatable bonds is 5. The first-order valence-electron chi connectivity index (χ1n) is 5.41. The van der Waals surface area contributed by atoms with E-state index in [2.05, 4.69) is 36.0 Å². The van der Waals surface area contributed by atoms with Crippen molar-refractivity contribution in [3.8, 4) is 0 Å². The van der Waals surface area contributed by atoms with Crippen molar-refractivity contribution in [1.82, 2.24) is 10.3 Å². The average Bonchev–Trinajstić information content (AvgIpc) is 2.56. The summed E-state index contributed by atoms with van der Waals surface area (Å²) in [6, 6.07) is 0.578. The molecule has 0 aliphatic heterocycles. The highest BCUT2D eigenvalue weighted by Gasteiger charge is 2.09. The molecule has 0 spiro atoms. The molecule has 0 aliphatic rings. The number of hydrogen-bond donors (Lipinski definition) is 1. The monoisotopic (exact) mass is 227 g/mol. The Balaban J connectivity index is 2.61. The maximum atomic E-state index is 4.52. The molecule has 0 aliphatic carbocycles. The first-order valence-corrected chi connectivity index (χ1v) is 6.23. The summed E-state index contributed by atoms with van der Waals surface area (Å²) in [6.07, 6.45) is 1.17. The molecule has 0 fully saturated rings. The fraction of sp³-hybridized carbons (Fsp3) is 0.727. The summed E-state index contributed by atoms with van der Waals surface area (Å²) in [6.45, 7) is 7.43. The highest BCUT2D eigenvalue weighted by molar-refractivity contribution is 7.15. The van der Waals surface area contributed by atoms with Gasteiger partial charge in [0.1, 0.15) is 0 Å². The van der Waals surface area contributed by atoms with Crippen LogP contribution in [0, 0.1) is 6.92 Å². The van der Waals surface area contributed by atoms with Gasteiger partial charge in [-0.25, -0.2) is 4.98 Å². The molecule has 86 valence electrons. The minimum Gasteiger partial charge on any atom is -0.354 e. The van der Waals surface area contributed by atoms with E-state index < -0.39 is 0 Å². The van der Waals surface area contributed by atoms with E-state index in [1.807, 2.05) is 14.1 Å². The van der Waals surface area contributed by atoms with Gasteiger partial charge in [0.05, 0.1) is 5.69 Å². The van der Waals surface area contributed by atoms with Crippen LogP contribution in [-0.4, -0.2) is 25.1 Å². The summed E-state index contributed by atoms with van der Waals surface area (Å²) in [7, 11) is 4.06. The van der Waals surface area contributed by atoms with Crippen LogP contribution < -0.4 is 10.2 Å². The highest BCUT2D eigenvalue weighted by Crippen LogP contribution is 2.24. The lowest BCUT2D eigenvalue weighted by Gasteiger charge is -2.09. The van der Waals surface area contributed by atoms with Gasteiger partial charge >= 0.3 is 0 Å². The van der Waals surface area contributed by atoms with Crippen LogP contribution >= 0.6 is 11.3 Å². The van der Waals surface area contributed by atoms with Crippen LogP contribution in [0.15, 0.2) is 0 Å². The SMILES string of the molecule is CCC(C)NCc1sc(N(C)C)nc1C. The largest absolute Gasteiger partial charge is 0.354 e. The summed E-state index contributed by atoms with van der Waals surface area (Å²) < 4.78 is 0. The third-order valence-electron chi connectivity index (χ3n) is 2.49. The molecule has 1 unspecified atom stereocenters. The van der Waals surface area contributed by atoms with E-state index in [-0.39, 0.29) is 0 Å². The van der Waals surface area contributed by atoms with Crippen molar-refractivity contribution in [3.05, 3.63) is 10.6 Å². The first kappa shape index (κ1) is 12.5. The lowest BCUT2D eigenvalue weighted by Crippen LogP contribution is -2.24. The number of thiazole rings is 1. The molecule has 0 aromatic carbocycles. The standard InChI is InChI=1S/C11H21N3S/c1-6-8(2)12-7-10-9(3)13-11(15-10)14(4)5/h8,12H,6-7H2,1-5H3. The average molecular weight is 227 g/mol. The molecular formula is C11H21N3S. The molecule has 4 heteroatoms. The van der Waals surface area contributed by atoms with E-state index in [0.29, 0.717) is 6.04 Å². The maximum Gasteiger partial charge on any atom is 0.185 e. The van der Waals surface area contributed by atoms with Crippen LogP contribution in [0.25, 0.3) is 0 Å². The summed E-state index contributed by atoms with van der Waals surface area (Å²) in [5, 5.41) is 4.58. The first-order chi connectivity index (χ1) is 7.04. The van der Waals surface area contributed by atoms with Gasteiger partial charge in [-0.15, -0.1) is 11.3 Å². The van der Waals surface area contributed by atoms with Crippen LogP contribution in [0.5, 0.6) is 0 Å². The van der Waals surface area contributed by atoms with Gasteiger partial charge in [-0.3, -0.25) is 0 Å². The number of anilines is 1. The minimum absolute atomic E-state index is 0.578. The molecule has 1 aromatic heterocycles. The Hall–Kier alpha value is -0.610. The fourth-order valence-corrected chi connectivity index (χ4v) is 2.11. The van der Waals surface area contributed by atoms with Gasteiger partial charge in [0.25, 0.3) is 0 Å². The van der Waals surface area contributed by atoms with Gasteiger partial charge < -0.3 is 10.2 Å². The minimum atomic E-state index is 0.578. The van der Waals surface area contributed by atoms with Crippen LogP contribution in [0.2, 0.25) is 0 Å². The van der Waals surface area contributed by atoms with Crippen molar-refractivity contribution < 1.29 is 0 Å². The van der Waals surface area contributed by atoms with E-state index >= 15 is 0 Å². The van der Waals surface area contributed by atoms with Crippen LogP contribution in [0.3, 0.4) is 0 Å². The number of aryl methyl sites for hydroxylation is 1. The molecule has 1 heterocycles. The molecule has 3 nitrogen and oxygen atoms in total. The van der Waals surface area contributed by atoms with Crippen LogP contribution in [0.4, 0.5) is 5.13 Å². The number of aromatic nitrogens is 1. The zero-order valence-electron chi connectivity index (χ0n) is 10.3. The Morgan fingerprint density at radius 2 is 2.13 bits per heavy atom. The van der Waals surface area contributed by atoms with Crippen molar-refractivity contribution in [2.75, 3.05) is 19.0 Å². The van der Waals surface area contributed by atoms with Gasteiger partial charge in [-0.05, 0) is 20.3 Å². The quantitative estimate of drug-likeness (QED) is 0.837. The fourth-order valence-electron chi connectivity index (χ4n) is 1.18. The zero-order chi connectivity index (χ0) is 11.4. The number of nitrogens with one attached hydrogen (secondary N) is 1. The molecule has 0 amide bonds. The second-order valence-corrected chi connectivity index (χ2v) is 5.15. The van der Waals surface area contributed by atoms with Gasteiger partial charge in [0.15, 0.2) is 5.13 Å². The van der Waals surface area contributed by atoms with Gasteiger partial charge in [-0.2, -0.15) is 0 Å². The van der Waals surface area contributed by atoms with E-state index in [4.69, 9.17) is 0 Å². The van der Waals surface area contributed by atoms with Crippen molar-refractivity contribution in [1.29, 1.82) is 0 Å². The Kier molecular flexibility index (Phi) is 4.54. The van der Waals surface area contributed by atoms with E-state index in [1.165, 1.54) is 11.3 Å². The van der Waals surface area contributed by atoms with Gasteiger partial charge in [-0.1, -0.05) is 6.92 Å². The third-order valence-corrected chi connectivity index (χ3v) is 3.81. The highest BCUT2D eigenvalue weighted by atomic mass is 32.1. The maximum absolute atomic E-state index is 4.52. The normalized spacial score (nSPS) is 12.9. The Labute approximate surface area is 96.5 Å². The third kappa shape index (κ3) is 3.47. The van der Waals surface area contributed by atoms with Crippen LogP contribution in [-0.2, 0) is 6.54 Å². The number of hydrogen-bond acceptors (Lipinski definition) is 4. The van der Waals surface area contributed by atoms with Crippen molar-refractivity contribution in [2.45, 2.75) is 39.8 Å². The molecule has 0 radical (unpaired) electrons. The molecule has 1 rings (SSSR count). The van der Waals surface area contributed by atoms with Crippen molar-refractivity contribution in [3.63, 3.8) is 0 Å². The zero-order valence-corrected chi connectivity index (χ0v) is 11.1. The molecule has 1 N–H and O–H groups in total. The molecule has 0 saturated carbocycles. The molecule has 1 aromatic rings. The van der Waals surface area contributed by atoms with E-state index in [9.17, 15) is 0 Å². The van der Waals surface area contributed by atoms with Crippen molar-refractivity contribution in [2.24, 2.45) is 0 Å². The summed E-state index contributed by atoms with van der Waals surface area (Å²) in [4.78, 5) is 7.92. The Morgan fingerprint density at radius 1 is 1.47 bits per heavy atom. The predicted octanol–water partition coefficient (Wildman–Crippen LogP) is 2.41. The summed E-state index contributed by atoms with van der Waals surface area (Å²) in [5.74, 6) is 0. The second kappa shape index (κ2) is 5.47. The molecule has 1 atom stereocenters. The molecule has 0 bridgehead atoms.